The van der Waals surface area contributed by atoms with Gasteiger partial charge in [-0.15, -0.1) is 0 Å². The quantitative estimate of drug-likeness (QED) is 0.849. The summed E-state index contributed by atoms with van der Waals surface area (Å²) in [5.41, 5.74) is 1.55. The van der Waals surface area contributed by atoms with Gasteiger partial charge < -0.3 is 10.2 Å². The molecule has 1 aliphatic heterocycles. The number of likely N-dealkylation sites (tertiary alicyclic amines) is 1. The summed E-state index contributed by atoms with van der Waals surface area (Å²) < 4.78 is 13.0. The third kappa shape index (κ3) is 5.30. The zero-order valence-corrected chi connectivity index (χ0v) is 15.7. The van der Waals surface area contributed by atoms with Crippen LogP contribution in [0, 0.1) is 11.7 Å². The van der Waals surface area contributed by atoms with Gasteiger partial charge >= 0.3 is 0 Å². The summed E-state index contributed by atoms with van der Waals surface area (Å²) in [6.07, 6.45) is 2.27. The van der Waals surface area contributed by atoms with E-state index in [9.17, 15) is 14.0 Å². The van der Waals surface area contributed by atoms with E-state index in [0.29, 0.717) is 30.2 Å². The van der Waals surface area contributed by atoms with Crippen LogP contribution in [0.15, 0.2) is 48.5 Å². The van der Waals surface area contributed by atoms with E-state index in [1.54, 1.807) is 4.90 Å². The number of nitrogens with one attached hydrogen (secondary N) is 1. The molecule has 1 aliphatic rings. The van der Waals surface area contributed by atoms with E-state index in [2.05, 4.69) is 5.32 Å². The second-order valence-electron chi connectivity index (χ2n) is 6.76. The highest BCUT2D eigenvalue weighted by atomic mass is 35.5. The molecule has 0 aromatic heterocycles. The molecular formula is C21H22ClFN2O2. The van der Waals surface area contributed by atoms with Gasteiger partial charge in [-0.05, 0) is 61.2 Å². The van der Waals surface area contributed by atoms with Crippen LogP contribution >= 0.6 is 11.6 Å². The third-order valence-corrected chi connectivity index (χ3v) is 5.05. The number of hydrogen-bond acceptors (Lipinski definition) is 2. The van der Waals surface area contributed by atoms with Crippen molar-refractivity contribution >= 4 is 23.4 Å². The molecule has 0 aliphatic carbocycles. The maximum Gasteiger partial charge on any atom is 0.253 e. The lowest BCUT2D eigenvalue weighted by atomic mass is 9.96. The Bertz CT molecular complexity index is 793. The van der Waals surface area contributed by atoms with E-state index < -0.39 is 0 Å². The first-order chi connectivity index (χ1) is 13.0. The average molecular weight is 389 g/mol. The predicted molar refractivity (Wildman–Crippen MR) is 103 cm³/mol. The summed E-state index contributed by atoms with van der Waals surface area (Å²) in [6, 6.07) is 13.1. The van der Waals surface area contributed by atoms with Crippen molar-refractivity contribution in [3.8, 4) is 0 Å². The van der Waals surface area contributed by atoms with Crippen molar-refractivity contribution in [2.24, 2.45) is 5.92 Å². The zero-order valence-electron chi connectivity index (χ0n) is 15.0. The number of piperidine rings is 1. The molecule has 1 heterocycles. The molecule has 2 amide bonds. The summed E-state index contributed by atoms with van der Waals surface area (Å²) in [5, 5.41) is 3.65. The predicted octanol–water partition coefficient (Wildman–Crippen LogP) is 3.69. The largest absolute Gasteiger partial charge is 0.355 e. The molecule has 2 aromatic rings. The summed E-state index contributed by atoms with van der Waals surface area (Å²) >= 11 is 5.87. The van der Waals surface area contributed by atoms with Crippen LogP contribution in [-0.4, -0.2) is 36.3 Å². The number of nitrogens with zero attached hydrogens (tertiary/aromatic N) is 1. The number of halogens is 2. The van der Waals surface area contributed by atoms with Crippen LogP contribution in [0.3, 0.4) is 0 Å². The number of carbonyl (C=O) groups is 2. The van der Waals surface area contributed by atoms with Gasteiger partial charge in [0.15, 0.2) is 0 Å². The van der Waals surface area contributed by atoms with Gasteiger partial charge in [-0.2, -0.15) is 0 Å². The van der Waals surface area contributed by atoms with Crippen LogP contribution in [0.2, 0.25) is 5.02 Å². The highest BCUT2D eigenvalue weighted by molar-refractivity contribution is 6.30. The first-order valence-electron chi connectivity index (χ1n) is 9.10. The number of benzene rings is 2. The van der Waals surface area contributed by atoms with Crippen molar-refractivity contribution in [1.29, 1.82) is 0 Å². The van der Waals surface area contributed by atoms with Gasteiger partial charge in [0.2, 0.25) is 5.91 Å². The maximum absolute atomic E-state index is 13.0. The molecular weight excluding hydrogens is 367 g/mol. The molecule has 0 bridgehead atoms. The van der Waals surface area contributed by atoms with Crippen molar-refractivity contribution in [1.82, 2.24) is 10.2 Å². The Morgan fingerprint density at radius 3 is 2.52 bits per heavy atom. The Morgan fingerprint density at radius 2 is 1.81 bits per heavy atom. The van der Waals surface area contributed by atoms with Crippen molar-refractivity contribution in [3.63, 3.8) is 0 Å². The van der Waals surface area contributed by atoms with E-state index in [1.165, 1.54) is 24.3 Å². The second-order valence-corrected chi connectivity index (χ2v) is 7.20. The smallest absolute Gasteiger partial charge is 0.253 e. The fraction of sp³-hybridized carbons (Fsp3) is 0.333. The minimum absolute atomic E-state index is 0.0273. The van der Waals surface area contributed by atoms with Crippen molar-refractivity contribution in [2.45, 2.75) is 19.3 Å². The molecule has 4 nitrogen and oxygen atoms in total. The molecule has 1 atom stereocenters. The number of amides is 2. The first kappa shape index (κ1) is 19.4. The minimum atomic E-state index is -0.372. The lowest BCUT2D eigenvalue weighted by Crippen LogP contribution is -2.45. The van der Waals surface area contributed by atoms with Crippen molar-refractivity contribution in [2.75, 3.05) is 19.6 Å². The molecule has 0 spiro atoms. The molecule has 2 aromatic carbocycles. The minimum Gasteiger partial charge on any atom is -0.355 e. The van der Waals surface area contributed by atoms with E-state index >= 15 is 0 Å². The Kier molecular flexibility index (Phi) is 6.45. The maximum atomic E-state index is 13.0. The molecule has 1 N–H and O–H groups in total. The molecule has 0 radical (unpaired) electrons. The molecule has 0 saturated carbocycles. The monoisotopic (exact) mass is 388 g/mol. The van der Waals surface area contributed by atoms with Crippen LogP contribution in [-0.2, 0) is 11.2 Å². The van der Waals surface area contributed by atoms with Crippen LogP contribution in [0.5, 0.6) is 0 Å². The van der Waals surface area contributed by atoms with E-state index in [0.717, 1.165) is 24.8 Å². The van der Waals surface area contributed by atoms with Crippen LogP contribution < -0.4 is 5.32 Å². The van der Waals surface area contributed by atoms with Gasteiger partial charge in [0.1, 0.15) is 5.82 Å². The summed E-state index contributed by atoms with van der Waals surface area (Å²) in [4.78, 5) is 26.7. The van der Waals surface area contributed by atoms with Gasteiger partial charge in [0.25, 0.3) is 5.91 Å². The summed E-state index contributed by atoms with van der Waals surface area (Å²) in [5.74, 6) is -0.772. The highest BCUT2D eigenvalue weighted by Crippen LogP contribution is 2.19. The SMILES string of the molecule is O=C(NCCc1ccc(Cl)cc1)C1CCCN(C(=O)c2ccc(F)cc2)C1. The molecule has 27 heavy (non-hydrogen) atoms. The van der Waals surface area contributed by atoms with E-state index in [1.807, 2.05) is 24.3 Å². The van der Waals surface area contributed by atoms with Gasteiger partial charge in [0, 0.05) is 30.2 Å². The molecule has 1 unspecified atom stereocenters. The fourth-order valence-electron chi connectivity index (χ4n) is 3.28. The molecule has 1 fully saturated rings. The summed E-state index contributed by atoms with van der Waals surface area (Å²) in [6.45, 7) is 1.55. The van der Waals surface area contributed by atoms with Gasteiger partial charge in [-0.25, -0.2) is 4.39 Å². The summed E-state index contributed by atoms with van der Waals surface area (Å²) in [7, 11) is 0. The Balaban J connectivity index is 1.50. The standard InChI is InChI=1S/C21H22ClFN2O2/c22-18-7-3-15(4-8-18)11-12-24-20(26)17-2-1-13-25(14-17)21(27)16-5-9-19(23)10-6-16/h3-10,17H,1-2,11-14H2,(H,24,26). The normalized spacial score (nSPS) is 16.8. The number of rotatable bonds is 5. The first-order valence-corrected chi connectivity index (χ1v) is 9.48. The third-order valence-electron chi connectivity index (χ3n) is 4.80. The topological polar surface area (TPSA) is 49.4 Å². The Labute approximate surface area is 163 Å². The van der Waals surface area contributed by atoms with E-state index in [-0.39, 0.29) is 23.5 Å². The van der Waals surface area contributed by atoms with Crippen LogP contribution in [0.25, 0.3) is 0 Å². The van der Waals surface area contributed by atoms with Gasteiger partial charge in [0.05, 0.1) is 5.92 Å². The molecule has 1 saturated heterocycles. The van der Waals surface area contributed by atoms with Gasteiger partial charge in [-0.1, -0.05) is 23.7 Å². The van der Waals surface area contributed by atoms with Crippen LogP contribution in [0.4, 0.5) is 4.39 Å². The fourth-order valence-corrected chi connectivity index (χ4v) is 3.40. The zero-order chi connectivity index (χ0) is 19.2. The Hall–Kier alpha value is -2.40. The van der Waals surface area contributed by atoms with E-state index in [4.69, 9.17) is 11.6 Å². The van der Waals surface area contributed by atoms with Crippen LogP contribution in [0.1, 0.15) is 28.8 Å². The molecule has 142 valence electrons. The average Bonchev–Trinajstić information content (AvgIpc) is 2.69. The second kappa shape index (κ2) is 9.00. The molecule has 6 heteroatoms. The lowest BCUT2D eigenvalue weighted by molar-refractivity contribution is -0.126. The van der Waals surface area contributed by atoms with Gasteiger partial charge in [-0.3, -0.25) is 9.59 Å². The highest BCUT2D eigenvalue weighted by Gasteiger charge is 2.28. The van der Waals surface area contributed by atoms with Crippen molar-refractivity contribution in [3.05, 3.63) is 70.5 Å². The lowest BCUT2D eigenvalue weighted by Gasteiger charge is -2.32. The Morgan fingerprint density at radius 1 is 1.11 bits per heavy atom. The van der Waals surface area contributed by atoms with Crippen molar-refractivity contribution < 1.29 is 14.0 Å². The molecule has 3 rings (SSSR count). The number of hydrogen-bond donors (Lipinski definition) is 1. The number of carbonyl (C=O) groups excluding carboxylic acids is 2.